The Hall–Kier alpha value is -2.20. The highest BCUT2D eigenvalue weighted by atomic mass is 35.5. The third-order valence-electron chi connectivity index (χ3n) is 5.09. The SMILES string of the molecule is Clc1ccc2c(c1)[C@@H]1CC(c3ccccc3)=NN1[C@@H](c1ccc(Cl)c(Cl)c1)O2. The van der Waals surface area contributed by atoms with E-state index in [0.717, 1.165) is 34.6 Å². The maximum atomic E-state index is 6.32. The predicted octanol–water partition coefficient (Wildman–Crippen LogP) is 6.89. The molecule has 3 aromatic rings. The summed E-state index contributed by atoms with van der Waals surface area (Å²) in [6.07, 6.45) is 0.382. The van der Waals surface area contributed by atoms with Crippen LogP contribution in [0.3, 0.4) is 0 Å². The first-order valence-corrected chi connectivity index (χ1v) is 10.1. The largest absolute Gasteiger partial charge is 0.464 e. The highest BCUT2D eigenvalue weighted by molar-refractivity contribution is 6.42. The summed E-state index contributed by atoms with van der Waals surface area (Å²) in [6, 6.07) is 21.5. The van der Waals surface area contributed by atoms with Crippen LogP contribution in [-0.4, -0.2) is 10.7 Å². The van der Waals surface area contributed by atoms with Gasteiger partial charge in [0.05, 0.1) is 21.8 Å². The standard InChI is InChI=1S/C22H15Cl3N2O/c23-15-7-9-21-16(11-15)20-12-19(13-4-2-1-3-5-13)26-27(20)22(28-21)14-6-8-17(24)18(25)10-14/h1-11,20,22H,12H2/t20-,22+/m0/s1. The molecule has 2 atom stereocenters. The molecule has 0 saturated carbocycles. The molecule has 5 rings (SSSR count). The third-order valence-corrected chi connectivity index (χ3v) is 6.06. The minimum atomic E-state index is -0.394. The molecule has 6 heteroatoms. The van der Waals surface area contributed by atoms with Gasteiger partial charge in [-0.3, -0.25) is 0 Å². The van der Waals surface area contributed by atoms with E-state index in [1.807, 2.05) is 53.5 Å². The predicted molar refractivity (Wildman–Crippen MR) is 113 cm³/mol. The minimum absolute atomic E-state index is 0.0390. The second-order valence-electron chi connectivity index (χ2n) is 6.84. The lowest BCUT2D eigenvalue weighted by Crippen LogP contribution is -2.33. The Bertz CT molecular complexity index is 1080. The van der Waals surface area contributed by atoms with E-state index < -0.39 is 6.23 Å². The Morgan fingerprint density at radius 1 is 0.893 bits per heavy atom. The lowest BCUT2D eigenvalue weighted by Gasteiger charge is -2.38. The summed E-state index contributed by atoms with van der Waals surface area (Å²) < 4.78 is 6.32. The van der Waals surface area contributed by atoms with Crippen LogP contribution in [0.25, 0.3) is 0 Å². The van der Waals surface area contributed by atoms with Gasteiger partial charge in [0.2, 0.25) is 6.23 Å². The van der Waals surface area contributed by atoms with Crippen molar-refractivity contribution in [3.8, 4) is 5.75 Å². The van der Waals surface area contributed by atoms with Gasteiger partial charge in [0.1, 0.15) is 5.75 Å². The van der Waals surface area contributed by atoms with Crippen molar-refractivity contribution in [3.63, 3.8) is 0 Å². The van der Waals surface area contributed by atoms with Crippen LogP contribution in [0.4, 0.5) is 0 Å². The molecular weight excluding hydrogens is 415 g/mol. The summed E-state index contributed by atoms with van der Waals surface area (Å²) in [5.41, 5.74) is 4.07. The minimum Gasteiger partial charge on any atom is -0.464 e. The van der Waals surface area contributed by atoms with Crippen molar-refractivity contribution in [1.29, 1.82) is 0 Å². The summed E-state index contributed by atoms with van der Waals surface area (Å²) in [7, 11) is 0. The number of fused-ring (bicyclic) bond motifs is 3. The summed E-state index contributed by atoms with van der Waals surface area (Å²) in [6.45, 7) is 0. The number of hydrogen-bond acceptors (Lipinski definition) is 3. The van der Waals surface area contributed by atoms with Crippen LogP contribution in [0.1, 0.15) is 35.4 Å². The molecular formula is C22H15Cl3N2O. The molecule has 0 amide bonds. The van der Waals surface area contributed by atoms with Crippen molar-refractivity contribution < 1.29 is 4.74 Å². The molecule has 0 aliphatic carbocycles. The van der Waals surface area contributed by atoms with Gasteiger partial charge in [-0.15, -0.1) is 0 Å². The van der Waals surface area contributed by atoms with Crippen molar-refractivity contribution in [2.75, 3.05) is 0 Å². The van der Waals surface area contributed by atoms with E-state index in [0.29, 0.717) is 15.1 Å². The molecule has 0 radical (unpaired) electrons. The van der Waals surface area contributed by atoms with Gasteiger partial charge < -0.3 is 4.74 Å². The average Bonchev–Trinajstić information content (AvgIpc) is 3.16. The Balaban J connectivity index is 1.62. The quantitative estimate of drug-likeness (QED) is 0.443. The van der Waals surface area contributed by atoms with Crippen LogP contribution >= 0.6 is 34.8 Å². The van der Waals surface area contributed by atoms with E-state index in [4.69, 9.17) is 44.6 Å². The molecule has 0 aromatic heterocycles. The van der Waals surface area contributed by atoms with Gasteiger partial charge >= 0.3 is 0 Å². The van der Waals surface area contributed by atoms with E-state index in [-0.39, 0.29) is 6.04 Å². The molecule has 0 fully saturated rings. The fourth-order valence-electron chi connectivity index (χ4n) is 3.75. The molecule has 0 bridgehead atoms. The monoisotopic (exact) mass is 428 g/mol. The molecule has 0 saturated heterocycles. The molecule has 2 aliphatic rings. The molecule has 0 N–H and O–H groups in total. The van der Waals surface area contributed by atoms with Crippen LogP contribution in [0.2, 0.25) is 15.1 Å². The lowest BCUT2D eigenvalue weighted by atomic mass is 9.96. The van der Waals surface area contributed by atoms with Crippen molar-refractivity contribution in [2.45, 2.75) is 18.7 Å². The van der Waals surface area contributed by atoms with Crippen molar-refractivity contribution in [1.82, 2.24) is 5.01 Å². The van der Waals surface area contributed by atoms with Crippen LogP contribution in [0.5, 0.6) is 5.75 Å². The van der Waals surface area contributed by atoms with Crippen LogP contribution in [0.15, 0.2) is 71.8 Å². The van der Waals surface area contributed by atoms with Crippen molar-refractivity contribution in [2.24, 2.45) is 5.10 Å². The van der Waals surface area contributed by atoms with Gasteiger partial charge in [0.15, 0.2) is 0 Å². The first-order chi connectivity index (χ1) is 13.6. The van der Waals surface area contributed by atoms with Gasteiger partial charge in [0.25, 0.3) is 0 Å². The normalized spacial score (nSPS) is 20.2. The number of benzene rings is 3. The van der Waals surface area contributed by atoms with Crippen LogP contribution in [-0.2, 0) is 0 Å². The maximum Gasteiger partial charge on any atom is 0.213 e. The number of ether oxygens (including phenoxy) is 1. The Morgan fingerprint density at radius 3 is 2.50 bits per heavy atom. The van der Waals surface area contributed by atoms with E-state index in [2.05, 4.69) is 12.1 Å². The first kappa shape index (κ1) is 17.9. The molecule has 3 nitrogen and oxygen atoms in total. The van der Waals surface area contributed by atoms with E-state index in [1.54, 1.807) is 6.07 Å². The summed E-state index contributed by atoms with van der Waals surface area (Å²) >= 11 is 18.6. The average molecular weight is 430 g/mol. The fraction of sp³-hybridized carbons (Fsp3) is 0.136. The third kappa shape index (κ3) is 3.04. The number of halogens is 3. The van der Waals surface area contributed by atoms with E-state index in [1.165, 1.54) is 0 Å². The van der Waals surface area contributed by atoms with Gasteiger partial charge in [-0.25, -0.2) is 5.01 Å². The molecule has 140 valence electrons. The second kappa shape index (κ2) is 7.00. The number of rotatable bonds is 2. The van der Waals surface area contributed by atoms with E-state index in [9.17, 15) is 0 Å². The summed E-state index contributed by atoms with van der Waals surface area (Å²) in [5, 5.41) is 8.62. The molecule has 28 heavy (non-hydrogen) atoms. The zero-order valence-electron chi connectivity index (χ0n) is 14.6. The second-order valence-corrected chi connectivity index (χ2v) is 8.09. The Kier molecular flexibility index (Phi) is 4.47. The lowest BCUT2D eigenvalue weighted by molar-refractivity contribution is -0.0190. The molecule has 2 heterocycles. The number of hydrazone groups is 1. The van der Waals surface area contributed by atoms with E-state index >= 15 is 0 Å². The smallest absolute Gasteiger partial charge is 0.213 e. The van der Waals surface area contributed by atoms with Crippen molar-refractivity contribution >= 4 is 40.5 Å². The highest BCUT2D eigenvalue weighted by Gasteiger charge is 2.41. The summed E-state index contributed by atoms with van der Waals surface area (Å²) in [5.74, 6) is 0.811. The van der Waals surface area contributed by atoms with Gasteiger partial charge in [-0.1, -0.05) is 71.2 Å². The molecule has 0 spiro atoms. The van der Waals surface area contributed by atoms with Gasteiger partial charge in [-0.05, 0) is 35.9 Å². The van der Waals surface area contributed by atoms with Crippen molar-refractivity contribution in [3.05, 3.63) is 98.5 Å². The highest BCUT2D eigenvalue weighted by Crippen LogP contribution is 2.48. The molecule has 2 aliphatic heterocycles. The zero-order valence-corrected chi connectivity index (χ0v) is 16.9. The van der Waals surface area contributed by atoms with Gasteiger partial charge in [0, 0.05) is 22.6 Å². The first-order valence-electron chi connectivity index (χ1n) is 8.92. The topological polar surface area (TPSA) is 24.8 Å². The number of hydrogen-bond donors (Lipinski definition) is 0. The Labute approximate surface area is 178 Å². The fourth-order valence-corrected chi connectivity index (χ4v) is 4.24. The molecule has 0 unspecified atom stereocenters. The summed E-state index contributed by atoms with van der Waals surface area (Å²) in [4.78, 5) is 0. The van der Waals surface area contributed by atoms with Gasteiger partial charge in [-0.2, -0.15) is 5.10 Å². The Morgan fingerprint density at radius 2 is 1.71 bits per heavy atom. The maximum absolute atomic E-state index is 6.32. The van der Waals surface area contributed by atoms with Crippen LogP contribution in [0, 0.1) is 0 Å². The number of nitrogens with zero attached hydrogens (tertiary/aromatic N) is 2. The van der Waals surface area contributed by atoms with Crippen LogP contribution < -0.4 is 4.74 Å². The zero-order chi connectivity index (χ0) is 19.3. The molecule has 3 aromatic carbocycles.